The molecule has 0 fully saturated rings. The molecule has 0 radical (unpaired) electrons. The fourth-order valence-corrected chi connectivity index (χ4v) is 2.69. The van der Waals surface area contributed by atoms with E-state index in [9.17, 15) is 14.7 Å². The van der Waals surface area contributed by atoms with E-state index in [0.717, 1.165) is 5.56 Å². The van der Waals surface area contributed by atoms with Crippen molar-refractivity contribution in [2.45, 2.75) is 0 Å². The normalized spacial score (nSPS) is 11.7. The Kier molecular flexibility index (Phi) is 4.53. The SMILES string of the molecule is C=c1[nH]n(-c2ccc(Cl)c(C(=O)O)c2)c(=O)/c1=C\c1ccc(Cl)cc1. The van der Waals surface area contributed by atoms with E-state index in [2.05, 4.69) is 11.7 Å². The van der Waals surface area contributed by atoms with E-state index in [1.165, 1.54) is 16.8 Å². The summed E-state index contributed by atoms with van der Waals surface area (Å²) >= 11 is 11.7. The molecule has 25 heavy (non-hydrogen) atoms. The van der Waals surface area contributed by atoms with Gasteiger partial charge >= 0.3 is 5.97 Å². The Balaban J connectivity index is 2.17. The van der Waals surface area contributed by atoms with Gasteiger partial charge in [-0.15, -0.1) is 0 Å². The molecule has 0 saturated carbocycles. The molecule has 1 aromatic heterocycles. The second-order valence-corrected chi connectivity index (χ2v) is 6.15. The number of hydrogen-bond donors (Lipinski definition) is 2. The quantitative estimate of drug-likeness (QED) is 0.738. The maximum atomic E-state index is 12.7. The van der Waals surface area contributed by atoms with Gasteiger partial charge in [0.25, 0.3) is 5.56 Å². The highest BCUT2D eigenvalue weighted by atomic mass is 35.5. The van der Waals surface area contributed by atoms with Gasteiger partial charge in [-0.05, 0) is 42.0 Å². The molecule has 0 aliphatic rings. The van der Waals surface area contributed by atoms with Crippen molar-refractivity contribution in [2.75, 3.05) is 0 Å². The van der Waals surface area contributed by atoms with Crippen molar-refractivity contribution in [1.82, 2.24) is 9.78 Å². The lowest BCUT2D eigenvalue weighted by molar-refractivity contribution is 0.0697. The fourth-order valence-electron chi connectivity index (χ4n) is 2.37. The Bertz CT molecular complexity index is 1130. The van der Waals surface area contributed by atoms with Gasteiger partial charge in [-0.1, -0.05) is 41.9 Å². The number of nitrogens with zero attached hydrogens (tertiary/aromatic N) is 1. The third-order valence-corrected chi connectivity index (χ3v) is 4.21. The molecular formula is C18H12Cl2N2O3. The lowest BCUT2D eigenvalue weighted by atomic mass is 10.2. The van der Waals surface area contributed by atoms with Crippen LogP contribution in [0.25, 0.3) is 18.3 Å². The van der Waals surface area contributed by atoms with Crippen molar-refractivity contribution in [3.8, 4) is 5.69 Å². The molecule has 5 nitrogen and oxygen atoms in total. The first kappa shape index (κ1) is 17.1. The van der Waals surface area contributed by atoms with Crippen LogP contribution in [0, 0.1) is 0 Å². The van der Waals surface area contributed by atoms with Gasteiger partial charge in [0.2, 0.25) is 0 Å². The summed E-state index contributed by atoms with van der Waals surface area (Å²) in [6, 6.07) is 11.3. The van der Waals surface area contributed by atoms with Gasteiger partial charge in [0.05, 0.1) is 26.8 Å². The maximum absolute atomic E-state index is 12.7. The maximum Gasteiger partial charge on any atom is 0.337 e. The number of benzene rings is 2. The zero-order valence-electron chi connectivity index (χ0n) is 12.8. The van der Waals surface area contributed by atoms with E-state index in [-0.39, 0.29) is 16.1 Å². The summed E-state index contributed by atoms with van der Waals surface area (Å²) < 4.78 is 1.23. The first-order valence-corrected chi connectivity index (χ1v) is 7.93. The molecule has 0 atom stereocenters. The number of hydrogen-bond acceptors (Lipinski definition) is 2. The summed E-state index contributed by atoms with van der Waals surface area (Å²) in [5.74, 6) is -1.17. The highest BCUT2D eigenvalue weighted by Crippen LogP contribution is 2.18. The first-order valence-electron chi connectivity index (χ1n) is 7.17. The molecule has 0 aliphatic carbocycles. The number of halogens is 2. The van der Waals surface area contributed by atoms with Crippen LogP contribution in [-0.4, -0.2) is 20.9 Å². The summed E-state index contributed by atoms with van der Waals surface area (Å²) in [4.78, 5) is 23.9. The summed E-state index contributed by atoms with van der Waals surface area (Å²) in [5, 5.41) is 13.5. The summed E-state index contributed by atoms with van der Waals surface area (Å²) in [7, 11) is 0. The zero-order valence-corrected chi connectivity index (χ0v) is 14.3. The van der Waals surface area contributed by atoms with Gasteiger partial charge in [-0.2, -0.15) is 0 Å². The minimum Gasteiger partial charge on any atom is -0.478 e. The number of nitrogens with one attached hydrogen (secondary N) is 1. The third kappa shape index (κ3) is 3.38. The van der Waals surface area contributed by atoms with Crippen LogP contribution in [0.4, 0.5) is 0 Å². The number of aromatic nitrogens is 2. The van der Waals surface area contributed by atoms with E-state index >= 15 is 0 Å². The smallest absolute Gasteiger partial charge is 0.337 e. The van der Waals surface area contributed by atoms with Gasteiger partial charge < -0.3 is 5.11 Å². The van der Waals surface area contributed by atoms with Gasteiger partial charge in [-0.25, -0.2) is 9.48 Å². The lowest BCUT2D eigenvalue weighted by Crippen LogP contribution is -2.34. The highest BCUT2D eigenvalue weighted by Gasteiger charge is 2.12. The second kappa shape index (κ2) is 6.63. The molecular weight excluding hydrogens is 363 g/mol. The van der Waals surface area contributed by atoms with Crippen LogP contribution in [0.1, 0.15) is 15.9 Å². The number of rotatable bonds is 3. The van der Waals surface area contributed by atoms with Crippen molar-refractivity contribution in [3.05, 3.63) is 84.6 Å². The summed E-state index contributed by atoms with van der Waals surface area (Å²) in [6.07, 6.45) is 1.68. The standard InChI is InChI=1S/C18H12Cl2N2O3/c1-10-14(8-11-2-4-12(19)5-3-11)17(23)22(21-10)13-6-7-16(20)15(9-13)18(24)25/h2-9,21H,1H2,(H,24,25)/b14-8-. The van der Waals surface area contributed by atoms with Gasteiger partial charge in [0.15, 0.2) is 0 Å². The lowest BCUT2D eigenvalue weighted by Gasteiger charge is -2.04. The predicted octanol–water partition coefficient (Wildman–Crippen LogP) is 2.41. The van der Waals surface area contributed by atoms with Gasteiger partial charge in [0.1, 0.15) is 0 Å². The number of aromatic carboxylic acids is 1. The number of carboxylic acid groups (broad SMARTS) is 1. The molecule has 0 unspecified atom stereocenters. The molecule has 0 amide bonds. The predicted molar refractivity (Wildman–Crippen MR) is 98.2 cm³/mol. The van der Waals surface area contributed by atoms with E-state index in [0.29, 0.717) is 21.3 Å². The van der Waals surface area contributed by atoms with Crippen molar-refractivity contribution < 1.29 is 9.90 Å². The molecule has 3 aromatic rings. The van der Waals surface area contributed by atoms with Crippen molar-refractivity contribution in [3.63, 3.8) is 0 Å². The molecule has 1 heterocycles. The molecule has 7 heteroatoms. The largest absolute Gasteiger partial charge is 0.478 e. The van der Waals surface area contributed by atoms with E-state index < -0.39 is 5.97 Å². The molecule has 0 bridgehead atoms. The van der Waals surface area contributed by atoms with Gasteiger partial charge in [-0.3, -0.25) is 9.89 Å². The number of H-pyrrole nitrogens is 1. The molecule has 126 valence electrons. The fraction of sp³-hybridized carbons (Fsp3) is 0. The van der Waals surface area contributed by atoms with E-state index in [4.69, 9.17) is 23.2 Å². The monoisotopic (exact) mass is 374 g/mol. The van der Waals surface area contributed by atoms with E-state index in [1.54, 1.807) is 36.4 Å². The van der Waals surface area contributed by atoms with Gasteiger partial charge in [0, 0.05) is 5.02 Å². The van der Waals surface area contributed by atoms with Crippen molar-refractivity contribution in [1.29, 1.82) is 0 Å². The van der Waals surface area contributed by atoms with Crippen LogP contribution < -0.4 is 16.1 Å². The van der Waals surface area contributed by atoms with Crippen LogP contribution in [0.5, 0.6) is 0 Å². The minimum atomic E-state index is -1.17. The number of carbonyl (C=O) groups is 1. The Hall–Kier alpha value is -2.76. The minimum absolute atomic E-state index is 0.0884. The van der Waals surface area contributed by atoms with Crippen molar-refractivity contribution in [2.24, 2.45) is 0 Å². The van der Waals surface area contributed by atoms with Crippen molar-refractivity contribution >= 4 is 41.8 Å². The molecule has 3 rings (SSSR count). The van der Waals surface area contributed by atoms with Crippen LogP contribution in [0.3, 0.4) is 0 Å². The molecule has 0 saturated heterocycles. The summed E-state index contributed by atoms with van der Waals surface area (Å²) in [6.45, 7) is 3.84. The van der Waals surface area contributed by atoms with Crippen LogP contribution in [0.15, 0.2) is 47.3 Å². The number of aromatic amines is 1. The van der Waals surface area contributed by atoms with Crippen LogP contribution in [-0.2, 0) is 0 Å². The third-order valence-electron chi connectivity index (χ3n) is 3.62. The van der Waals surface area contributed by atoms with E-state index in [1.807, 2.05) is 0 Å². The Labute approximate surface area is 152 Å². The average Bonchev–Trinajstić information content (AvgIpc) is 2.85. The zero-order chi connectivity index (χ0) is 18.1. The Morgan fingerprint density at radius 1 is 1.16 bits per heavy atom. The first-order chi connectivity index (χ1) is 11.9. The topological polar surface area (TPSA) is 75.1 Å². The highest BCUT2D eigenvalue weighted by molar-refractivity contribution is 6.33. The molecule has 2 aromatic carbocycles. The average molecular weight is 375 g/mol. The molecule has 0 aliphatic heterocycles. The number of carboxylic acids is 1. The van der Waals surface area contributed by atoms with Crippen LogP contribution in [0.2, 0.25) is 10.0 Å². The van der Waals surface area contributed by atoms with Crippen LogP contribution >= 0.6 is 23.2 Å². The summed E-state index contributed by atoms with van der Waals surface area (Å²) in [5.41, 5.74) is 0.709. The Morgan fingerprint density at radius 2 is 1.84 bits per heavy atom. The molecule has 0 spiro atoms. The second-order valence-electron chi connectivity index (χ2n) is 5.31. The Morgan fingerprint density at radius 3 is 2.48 bits per heavy atom. The molecule has 2 N–H and O–H groups in total.